The molecule has 2 aromatic rings. The molecule has 3 nitrogen and oxygen atoms in total. The summed E-state index contributed by atoms with van der Waals surface area (Å²) in [5.41, 5.74) is 4.38. The molecule has 3 heteroatoms. The highest BCUT2D eigenvalue weighted by Gasteiger charge is 2.30. The van der Waals surface area contributed by atoms with Crippen LogP contribution >= 0.6 is 0 Å². The van der Waals surface area contributed by atoms with Gasteiger partial charge in [0.05, 0.1) is 17.7 Å². The Morgan fingerprint density at radius 2 is 1.81 bits per heavy atom. The zero-order chi connectivity index (χ0) is 14.8. The van der Waals surface area contributed by atoms with Crippen molar-refractivity contribution in [2.24, 2.45) is 0 Å². The van der Waals surface area contributed by atoms with Crippen molar-refractivity contribution in [1.29, 1.82) is 5.26 Å². The van der Waals surface area contributed by atoms with Gasteiger partial charge in [-0.1, -0.05) is 43.0 Å². The van der Waals surface area contributed by atoms with E-state index in [1.807, 2.05) is 36.4 Å². The van der Waals surface area contributed by atoms with E-state index in [2.05, 4.69) is 12.6 Å². The largest absolute Gasteiger partial charge is 0.364 e. The zero-order valence-corrected chi connectivity index (χ0v) is 11.5. The lowest BCUT2D eigenvalue weighted by Gasteiger charge is -2.14. The van der Waals surface area contributed by atoms with Gasteiger partial charge in [0, 0.05) is 12.0 Å². The minimum absolute atomic E-state index is 0.181. The number of hydrogen-bond acceptors (Lipinski definition) is 3. The van der Waals surface area contributed by atoms with Gasteiger partial charge >= 0.3 is 0 Å². The fraction of sp³-hybridized carbons (Fsp3) is 0.167. The van der Waals surface area contributed by atoms with Crippen LogP contribution in [0.2, 0.25) is 0 Å². The van der Waals surface area contributed by atoms with E-state index >= 15 is 0 Å². The highest BCUT2D eigenvalue weighted by molar-refractivity contribution is 5.64. The number of ether oxygens (including phenoxy) is 1. The first-order valence-corrected chi connectivity index (χ1v) is 6.79. The predicted molar refractivity (Wildman–Crippen MR) is 80.0 cm³/mol. The van der Waals surface area contributed by atoms with Crippen LogP contribution in [0.25, 0.3) is 5.57 Å². The minimum atomic E-state index is -0.861. The fourth-order valence-electron chi connectivity index (χ4n) is 2.61. The first-order chi connectivity index (χ1) is 10.2. The molecule has 2 unspecified atom stereocenters. The normalized spacial score (nSPS) is 19.8. The van der Waals surface area contributed by atoms with Gasteiger partial charge in [-0.2, -0.15) is 5.26 Å². The molecule has 2 aromatic carbocycles. The Bertz CT molecular complexity index is 713. The molecule has 0 saturated carbocycles. The Labute approximate surface area is 123 Å². The van der Waals surface area contributed by atoms with Gasteiger partial charge in [-0.3, -0.25) is 0 Å². The highest BCUT2D eigenvalue weighted by Crippen LogP contribution is 2.41. The molecule has 0 radical (unpaired) electrons. The molecule has 1 aliphatic heterocycles. The van der Waals surface area contributed by atoms with Crippen molar-refractivity contribution >= 4 is 5.57 Å². The topological polar surface area (TPSA) is 53.2 Å². The predicted octanol–water partition coefficient (Wildman–Crippen LogP) is 3.72. The lowest BCUT2D eigenvalue weighted by molar-refractivity contribution is -0.118. The van der Waals surface area contributed by atoms with E-state index in [1.165, 1.54) is 0 Å². The van der Waals surface area contributed by atoms with Crippen LogP contribution in [0.4, 0.5) is 0 Å². The zero-order valence-electron chi connectivity index (χ0n) is 11.5. The van der Waals surface area contributed by atoms with Crippen LogP contribution < -0.4 is 0 Å². The van der Waals surface area contributed by atoms with Gasteiger partial charge in [0.25, 0.3) is 0 Å². The maximum atomic E-state index is 9.92. The van der Waals surface area contributed by atoms with Gasteiger partial charge in [0.1, 0.15) is 0 Å². The Morgan fingerprint density at radius 1 is 1.14 bits per heavy atom. The molecule has 0 saturated heterocycles. The van der Waals surface area contributed by atoms with Crippen LogP contribution in [-0.4, -0.2) is 5.11 Å². The maximum Gasteiger partial charge on any atom is 0.182 e. The summed E-state index contributed by atoms with van der Waals surface area (Å²) in [6.07, 6.45) is -0.431. The first-order valence-electron chi connectivity index (χ1n) is 6.79. The average Bonchev–Trinajstić information content (AvgIpc) is 2.84. The second-order valence-electron chi connectivity index (χ2n) is 5.10. The number of aliphatic hydroxyl groups is 1. The van der Waals surface area contributed by atoms with Crippen molar-refractivity contribution in [3.05, 3.63) is 77.4 Å². The number of aliphatic hydroxyl groups excluding tert-OH is 1. The van der Waals surface area contributed by atoms with E-state index in [4.69, 9.17) is 10.00 Å². The smallest absolute Gasteiger partial charge is 0.182 e. The van der Waals surface area contributed by atoms with Crippen LogP contribution in [0.3, 0.4) is 0 Å². The minimum Gasteiger partial charge on any atom is -0.364 e. The molecular formula is C18H15NO2. The van der Waals surface area contributed by atoms with Crippen LogP contribution in [-0.2, 0) is 4.74 Å². The van der Waals surface area contributed by atoms with Crippen molar-refractivity contribution in [2.45, 2.75) is 18.8 Å². The molecule has 0 fully saturated rings. The Morgan fingerprint density at radius 3 is 2.48 bits per heavy atom. The summed E-state index contributed by atoms with van der Waals surface area (Å²) in [5, 5.41) is 18.7. The Balaban J connectivity index is 1.78. The Hall–Kier alpha value is -2.41. The molecular weight excluding hydrogens is 262 g/mol. The van der Waals surface area contributed by atoms with Gasteiger partial charge in [-0.15, -0.1) is 0 Å². The van der Waals surface area contributed by atoms with Gasteiger partial charge in [0.15, 0.2) is 6.29 Å². The molecule has 0 aromatic heterocycles. The maximum absolute atomic E-state index is 9.92. The first kappa shape index (κ1) is 13.6. The number of nitriles is 1. The number of hydrogen-bond donors (Lipinski definition) is 1. The molecule has 1 aliphatic rings. The lowest BCUT2D eigenvalue weighted by atomic mass is 9.96. The molecule has 0 spiro atoms. The van der Waals surface area contributed by atoms with E-state index in [1.54, 1.807) is 12.1 Å². The molecule has 1 N–H and O–H groups in total. The van der Waals surface area contributed by atoms with Crippen molar-refractivity contribution in [1.82, 2.24) is 0 Å². The lowest BCUT2D eigenvalue weighted by Crippen LogP contribution is -1.99. The molecule has 104 valence electrons. The van der Waals surface area contributed by atoms with Crippen LogP contribution in [0.15, 0.2) is 55.1 Å². The molecule has 21 heavy (non-hydrogen) atoms. The second-order valence-corrected chi connectivity index (χ2v) is 5.10. The number of benzene rings is 2. The summed E-state index contributed by atoms with van der Waals surface area (Å²) in [7, 11) is 0. The molecule has 3 rings (SSSR count). The van der Waals surface area contributed by atoms with E-state index in [9.17, 15) is 5.11 Å². The van der Waals surface area contributed by atoms with Gasteiger partial charge in [0.2, 0.25) is 0 Å². The van der Waals surface area contributed by atoms with Crippen LogP contribution in [0.1, 0.15) is 41.1 Å². The van der Waals surface area contributed by atoms with Gasteiger partial charge < -0.3 is 9.84 Å². The SMILES string of the molecule is C=C(CC1OC(O)c2ccccc21)c1ccc(C#N)cc1. The van der Waals surface area contributed by atoms with Crippen LogP contribution in [0.5, 0.6) is 0 Å². The van der Waals surface area contributed by atoms with E-state index in [0.29, 0.717) is 12.0 Å². The van der Waals surface area contributed by atoms with E-state index in [-0.39, 0.29) is 6.10 Å². The third kappa shape index (κ3) is 2.59. The van der Waals surface area contributed by atoms with Crippen LogP contribution in [0, 0.1) is 11.3 Å². The number of nitrogens with zero attached hydrogens (tertiary/aromatic N) is 1. The monoisotopic (exact) mass is 277 g/mol. The van der Waals surface area contributed by atoms with E-state index in [0.717, 1.165) is 22.3 Å². The summed E-state index contributed by atoms with van der Waals surface area (Å²) in [6.45, 7) is 4.10. The molecule has 1 heterocycles. The van der Waals surface area contributed by atoms with Gasteiger partial charge in [-0.05, 0) is 28.8 Å². The summed E-state index contributed by atoms with van der Waals surface area (Å²) >= 11 is 0. The standard InChI is InChI=1S/C18H15NO2/c1-12(14-8-6-13(11-19)7-9-14)10-17-15-4-2-3-5-16(15)18(20)21-17/h2-9,17-18,20H,1,10H2. The third-order valence-corrected chi connectivity index (χ3v) is 3.76. The number of rotatable bonds is 3. The molecule has 0 aliphatic carbocycles. The Kier molecular flexibility index (Phi) is 3.57. The second kappa shape index (κ2) is 5.53. The van der Waals surface area contributed by atoms with Crippen molar-refractivity contribution in [3.63, 3.8) is 0 Å². The quantitative estimate of drug-likeness (QED) is 0.930. The summed E-state index contributed by atoms with van der Waals surface area (Å²) in [6, 6.07) is 17.1. The molecule has 0 amide bonds. The van der Waals surface area contributed by atoms with Crippen molar-refractivity contribution in [3.8, 4) is 6.07 Å². The summed E-state index contributed by atoms with van der Waals surface area (Å²) < 4.78 is 5.61. The summed E-state index contributed by atoms with van der Waals surface area (Å²) in [4.78, 5) is 0. The van der Waals surface area contributed by atoms with Crippen molar-refractivity contribution < 1.29 is 9.84 Å². The summed E-state index contributed by atoms with van der Waals surface area (Å²) in [5.74, 6) is 0. The fourth-order valence-corrected chi connectivity index (χ4v) is 2.61. The van der Waals surface area contributed by atoms with Crippen molar-refractivity contribution in [2.75, 3.05) is 0 Å². The number of fused-ring (bicyclic) bond motifs is 1. The van der Waals surface area contributed by atoms with E-state index < -0.39 is 6.29 Å². The van der Waals surface area contributed by atoms with Gasteiger partial charge in [-0.25, -0.2) is 0 Å². The average molecular weight is 277 g/mol. The molecule has 2 atom stereocenters. The molecule has 0 bridgehead atoms. The highest BCUT2D eigenvalue weighted by atomic mass is 16.6. The third-order valence-electron chi connectivity index (χ3n) is 3.76.